The van der Waals surface area contributed by atoms with Gasteiger partial charge < -0.3 is 15.2 Å². The molecule has 0 saturated carbocycles. The second-order valence-electron chi connectivity index (χ2n) is 5.08. The van der Waals surface area contributed by atoms with Gasteiger partial charge in [0.15, 0.2) is 6.10 Å². The lowest BCUT2D eigenvalue weighted by Crippen LogP contribution is -2.44. The molecule has 0 spiro atoms. The number of ether oxygens (including phenoxy) is 1. The number of nitrogens with one attached hydrogen (secondary N) is 1. The zero-order valence-electron chi connectivity index (χ0n) is 12.5. The van der Waals surface area contributed by atoms with Crippen LogP contribution in [0.3, 0.4) is 0 Å². The van der Waals surface area contributed by atoms with E-state index in [1.165, 1.54) is 24.3 Å². The van der Waals surface area contributed by atoms with Crippen molar-refractivity contribution in [3.8, 4) is 0 Å². The fraction of sp³-hybridized carbons (Fsp3) is 0.235. The molecule has 0 aliphatic rings. The first-order valence-electron chi connectivity index (χ1n) is 7.15. The minimum Gasteiger partial charge on any atom is -0.445 e. The van der Waals surface area contributed by atoms with Crippen molar-refractivity contribution in [1.82, 2.24) is 5.32 Å². The third-order valence-corrected chi connectivity index (χ3v) is 3.30. The minimum absolute atomic E-state index is 0.0870. The molecule has 4 nitrogen and oxygen atoms in total. The maximum Gasteiger partial charge on any atom is 0.416 e. The van der Waals surface area contributed by atoms with Crippen molar-refractivity contribution in [3.63, 3.8) is 0 Å². The molecule has 0 bridgehead atoms. The van der Waals surface area contributed by atoms with Crippen LogP contribution in [0.4, 0.5) is 18.0 Å². The molecule has 2 unspecified atom stereocenters. The van der Waals surface area contributed by atoms with Crippen molar-refractivity contribution < 1.29 is 27.8 Å². The van der Waals surface area contributed by atoms with Crippen molar-refractivity contribution in [1.29, 1.82) is 0 Å². The smallest absolute Gasteiger partial charge is 0.416 e. The van der Waals surface area contributed by atoms with Crippen molar-refractivity contribution >= 4 is 6.09 Å². The summed E-state index contributed by atoms with van der Waals surface area (Å²) in [7, 11) is 0. The van der Waals surface area contributed by atoms with Crippen molar-refractivity contribution in [3.05, 3.63) is 71.8 Å². The molecule has 128 valence electrons. The van der Waals surface area contributed by atoms with E-state index < -0.39 is 24.4 Å². The van der Waals surface area contributed by atoms with Gasteiger partial charge in [-0.15, -0.1) is 0 Å². The van der Waals surface area contributed by atoms with Crippen molar-refractivity contribution in [2.24, 2.45) is 0 Å². The minimum atomic E-state index is -4.88. The molecule has 0 fully saturated rings. The average molecular weight is 339 g/mol. The third kappa shape index (κ3) is 4.99. The molecule has 7 heteroatoms. The lowest BCUT2D eigenvalue weighted by atomic mass is 10.0. The Kier molecular flexibility index (Phi) is 5.81. The lowest BCUT2D eigenvalue weighted by molar-refractivity contribution is -0.212. The number of rotatable bonds is 5. The summed E-state index contributed by atoms with van der Waals surface area (Å²) in [5.41, 5.74) is 0.819. The summed E-state index contributed by atoms with van der Waals surface area (Å²) >= 11 is 0. The van der Waals surface area contributed by atoms with E-state index in [0.717, 1.165) is 0 Å². The number of benzene rings is 2. The van der Waals surface area contributed by atoms with Gasteiger partial charge in [-0.1, -0.05) is 60.7 Å². The molecule has 0 aliphatic heterocycles. The van der Waals surface area contributed by atoms with Crippen molar-refractivity contribution in [2.45, 2.75) is 24.9 Å². The number of alkyl carbamates (subject to hydrolysis) is 1. The predicted molar refractivity (Wildman–Crippen MR) is 81.0 cm³/mol. The topological polar surface area (TPSA) is 58.6 Å². The quantitative estimate of drug-likeness (QED) is 0.875. The first-order chi connectivity index (χ1) is 11.4. The number of hydrogen-bond donors (Lipinski definition) is 2. The van der Waals surface area contributed by atoms with Gasteiger partial charge in [-0.25, -0.2) is 4.79 Å². The summed E-state index contributed by atoms with van der Waals surface area (Å²) in [6, 6.07) is 14.5. The van der Waals surface area contributed by atoms with Crippen LogP contribution < -0.4 is 5.32 Å². The van der Waals surface area contributed by atoms with E-state index in [0.29, 0.717) is 5.56 Å². The molecule has 24 heavy (non-hydrogen) atoms. The highest BCUT2D eigenvalue weighted by atomic mass is 19.4. The number of aliphatic hydroxyl groups excluding tert-OH is 1. The zero-order chi connectivity index (χ0) is 17.6. The maximum atomic E-state index is 12.8. The van der Waals surface area contributed by atoms with Crippen LogP contribution in [0, 0.1) is 0 Å². The van der Waals surface area contributed by atoms with Crippen LogP contribution in [0.5, 0.6) is 0 Å². The Morgan fingerprint density at radius 3 is 2.12 bits per heavy atom. The van der Waals surface area contributed by atoms with Crippen LogP contribution in [-0.4, -0.2) is 23.5 Å². The van der Waals surface area contributed by atoms with Gasteiger partial charge in [-0.2, -0.15) is 13.2 Å². The summed E-state index contributed by atoms with van der Waals surface area (Å²) in [4.78, 5) is 11.8. The molecule has 2 rings (SSSR count). The summed E-state index contributed by atoms with van der Waals surface area (Å²) in [6.45, 7) is -0.0870. The van der Waals surface area contributed by atoms with Crippen LogP contribution in [0.25, 0.3) is 0 Å². The summed E-state index contributed by atoms with van der Waals surface area (Å²) < 4.78 is 43.4. The van der Waals surface area contributed by atoms with Crippen LogP contribution in [0.1, 0.15) is 17.2 Å². The van der Waals surface area contributed by atoms with Gasteiger partial charge >= 0.3 is 12.3 Å². The fourth-order valence-electron chi connectivity index (χ4n) is 2.09. The first-order valence-corrected chi connectivity index (χ1v) is 7.15. The van der Waals surface area contributed by atoms with Gasteiger partial charge in [-0.3, -0.25) is 0 Å². The van der Waals surface area contributed by atoms with Gasteiger partial charge in [0.2, 0.25) is 0 Å². The number of amides is 1. The molecule has 0 aromatic heterocycles. The van der Waals surface area contributed by atoms with Crippen LogP contribution in [-0.2, 0) is 11.3 Å². The van der Waals surface area contributed by atoms with E-state index in [2.05, 4.69) is 5.32 Å². The molecule has 2 aromatic carbocycles. The van der Waals surface area contributed by atoms with Gasteiger partial charge in [0.25, 0.3) is 0 Å². The van der Waals surface area contributed by atoms with E-state index in [1.807, 2.05) is 0 Å². The average Bonchev–Trinajstić information content (AvgIpc) is 2.58. The zero-order valence-corrected chi connectivity index (χ0v) is 12.5. The highest BCUT2D eigenvalue weighted by molar-refractivity contribution is 5.68. The van der Waals surface area contributed by atoms with Gasteiger partial charge in [0.1, 0.15) is 6.61 Å². The molecule has 0 heterocycles. The number of aliphatic hydroxyl groups is 1. The van der Waals surface area contributed by atoms with E-state index >= 15 is 0 Å². The van der Waals surface area contributed by atoms with Crippen LogP contribution in [0.15, 0.2) is 60.7 Å². The summed E-state index contributed by atoms with van der Waals surface area (Å²) in [6.07, 6.45) is -8.67. The third-order valence-electron chi connectivity index (χ3n) is 3.30. The number of halogens is 3. The Labute approximate surface area is 136 Å². The largest absolute Gasteiger partial charge is 0.445 e. The van der Waals surface area contributed by atoms with Gasteiger partial charge in [0, 0.05) is 0 Å². The number of hydrogen-bond acceptors (Lipinski definition) is 3. The standard InChI is InChI=1S/C17H16F3NO3/c18-17(19,20)15(22)14(13-9-5-2-6-10-13)21-16(23)24-11-12-7-3-1-4-8-12/h1-10,14-15,22H,11H2,(H,21,23). The van der Waals surface area contributed by atoms with Gasteiger partial charge in [-0.05, 0) is 11.1 Å². The second kappa shape index (κ2) is 7.83. The SMILES string of the molecule is O=C(NC(c1ccccc1)C(O)C(F)(F)F)OCc1ccccc1. The monoisotopic (exact) mass is 339 g/mol. The van der Waals surface area contributed by atoms with Gasteiger partial charge in [0.05, 0.1) is 6.04 Å². The molecule has 2 aromatic rings. The summed E-state index contributed by atoms with van der Waals surface area (Å²) in [5.74, 6) is 0. The Bertz CT molecular complexity index is 647. The van der Waals surface area contributed by atoms with E-state index in [-0.39, 0.29) is 12.2 Å². The fourth-order valence-corrected chi connectivity index (χ4v) is 2.09. The highest BCUT2D eigenvalue weighted by Gasteiger charge is 2.45. The Morgan fingerprint density at radius 2 is 1.58 bits per heavy atom. The maximum absolute atomic E-state index is 12.8. The van der Waals surface area contributed by atoms with E-state index in [9.17, 15) is 23.1 Å². The molecular weight excluding hydrogens is 323 g/mol. The van der Waals surface area contributed by atoms with Crippen molar-refractivity contribution in [2.75, 3.05) is 0 Å². The number of carbonyl (C=O) groups excluding carboxylic acids is 1. The Morgan fingerprint density at radius 1 is 1.04 bits per heavy atom. The predicted octanol–water partition coefficient (Wildman–Crippen LogP) is 3.58. The number of carbonyl (C=O) groups is 1. The molecular formula is C17H16F3NO3. The Hall–Kier alpha value is -2.54. The molecule has 2 N–H and O–H groups in total. The molecule has 0 aliphatic carbocycles. The van der Waals surface area contributed by atoms with E-state index in [1.54, 1.807) is 36.4 Å². The first kappa shape index (κ1) is 17.8. The molecule has 2 atom stereocenters. The normalized spacial score (nSPS) is 13.8. The second-order valence-corrected chi connectivity index (χ2v) is 5.08. The highest BCUT2D eigenvalue weighted by Crippen LogP contribution is 2.30. The Balaban J connectivity index is 2.06. The molecule has 0 radical (unpaired) electrons. The molecule has 0 saturated heterocycles. The van der Waals surface area contributed by atoms with Crippen LogP contribution >= 0.6 is 0 Å². The van der Waals surface area contributed by atoms with Crippen LogP contribution in [0.2, 0.25) is 0 Å². The summed E-state index contributed by atoms with van der Waals surface area (Å²) in [5, 5.41) is 11.6. The molecule has 1 amide bonds. The van der Waals surface area contributed by atoms with E-state index in [4.69, 9.17) is 4.74 Å². The number of alkyl halides is 3. The lowest BCUT2D eigenvalue weighted by Gasteiger charge is -2.26.